The molecule has 2 aromatic rings. The molecule has 0 saturated heterocycles. The lowest BCUT2D eigenvalue weighted by Gasteiger charge is -2.07. The van der Waals surface area contributed by atoms with Crippen LogP contribution in [0.4, 0.5) is 15.9 Å². The number of carbonyl (C=O) groups excluding carboxylic acids is 1. The highest BCUT2D eigenvalue weighted by Gasteiger charge is 2.10. The number of carbonyl (C=O) groups is 1. The van der Waals surface area contributed by atoms with Gasteiger partial charge in [-0.15, -0.1) is 10.2 Å². The minimum atomic E-state index is -0.510. The van der Waals surface area contributed by atoms with E-state index < -0.39 is 11.7 Å². The minimum Gasteiger partial charge on any atom is -0.494 e. The van der Waals surface area contributed by atoms with Crippen molar-refractivity contribution in [1.82, 2.24) is 10.2 Å². The third kappa shape index (κ3) is 2.98. The van der Waals surface area contributed by atoms with Gasteiger partial charge in [-0.3, -0.25) is 4.79 Å². The summed E-state index contributed by atoms with van der Waals surface area (Å²) in [4.78, 5) is 11.9. The van der Waals surface area contributed by atoms with Crippen LogP contribution in [0.15, 0.2) is 30.3 Å². The van der Waals surface area contributed by atoms with Gasteiger partial charge in [0.05, 0.1) is 7.11 Å². The summed E-state index contributed by atoms with van der Waals surface area (Å²) in [7, 11) is 1.34. The number of benzene rings is 1. The molecule has 8 heteroatoms. The number of ether oxygens (including phenoxy) is 1. The van der Waals surface area contributed by atoms with Crippen molar-refractivity contribution in [1.29, 1.82) is 0 Å². The zero-order valence-electron chi connectivity index (χ0n) is 10.6. The van der Waals surface area contributed by atoms with Gasteiger partial charge in [-0.2, -0.15) is 0 Å². The fourth-order valence-electron chi connectivity index (χ4n) is 1.46. The van der Waals surface area contributed by atoms with E-state index in [1.807, 2.05) is 0 Å². The number of nitrogens with two attached hydrogens (primary N) is 1. The molecular formula is C12H12FN5O2. The normalized spacial score (nSPS) is 9.95. The molecule has 0 saturated carbocycles. The van der Waals surface area contributed by atoms with Crippen LogP contribution in [0.2, 0.25) is 0 Å². The topological polar surface area (TPSA) is 102 Å². The minimum absolute atomic E-state index is 0.0385. The molecule has 0 unspecified atom stereocenters. The summed E-state index contributed by atoms with van der Waals surface area (Å²) in [6.45, 7) is 0. The second-order valence-electron chi connectivity index (χ2n) is 3.75. The first-order valence-electron chi connectivity index (χ1n) is 5.59. The Bertz CT molecular complexity index is 618. The van der Waals surface area contributed by atoms with E-state index in [1.165, 1.54) is 37.4 Å². The van der Waals surface area contributed by atoms with Crippen LogP contribution in [-0.4, -0.2) is 23.2 Å². The monoisotopic (exact) mass is 277 g/mol. The highest BCUT2D eigenvalue weighted by Crippen LogP contribution is 2.21. The number of nitrogens with one attached hydrogen (secondary N) is 2. The van der Waals surface area contributed by atoms with Crippen LogP contribution >= 0.6 is 0 Å². The van der Waals surface area contributed by atoms with Gasteiger partial charge < -0.3 is 15.5 Å². The summed E-state index contributed by atoms with van der Waals surface area (Å²) in [5.41, 5.74) is 2.79. The Kier molecular flexibility index (Phi) is 4.06. The highest BCUT2D eigenvalue weighted by molar-refractivity contribution is 6.02. The van der Waals surface area contributed by atoms with Crippen LogP contribution in [0.3, 0.4) is 0 Å². The van der Waals surface area contributed by atoms with Crippen LogP contribution in [0.25, 0.3) is 0 Å². The summed E-state index contributed by atoms with van der Waals surface area (Å²) >= 11 is 0. The van der Waals surface area contributed by atoms with Gasteiger partial charge in [0.25, 0.3) is 5.91 Å². The number of anilines is 2. The van der Waals surface area contributed by atoms with Gasteiger partial charge in [-0.05, 0) is 24.3 Å². The zero-order valence-corrected chi connectivity index (χ0v) is 10.6. The number of hydrogen-bond acceptors (Lipinski definition) is 6. The van der Waals surface area contributed by atoms with Crippen molar-refractivity contribution in [3.05, 3.63) is 41.8 Å². The van der Waals surface area contributed by atoms with Crippen LogP contribution in [0, 0.1) is 5.82 Å². The molecule has 4 N–H and O–H groups in total. The van der Waals surface area contributed by atoms with E-state index in [9.17, 15) is 9.18 Å². The molecule has 1 aromatic carbocycles. The van der Waals surface area contributed by atoms with Gasteiger partial charge in [-0.1, -0.05) is 0 Å². The molecule has 0 fully saturated rings. The molecule has 1 heterocycles. The lowest BCUT2D eigenvalue weighted by Crippen LogP contribution is -2.16. The van der Waals surface area contributed by atoms with Crippen LogP contribution in [0.5, 0.6) is 5.75 Å². The summed E-state index contributed by atoms with van der Waals surface area (Å²) in [6.07, 6.45) is 0. The van der Waals surface area contributed by atoms with Gasteiger partial charge in [0.1, 0.15) is 0 Å². The predicted molar refractivity (Wildman–Crippen MR) is 70.7 cm³/mol. The Morgan fingerprint density at radius 1 is 1.30 bits per heavy atom. The number of halogens is 1. The quantitative estimate of drug-likeness (QED) is 0.572. The number of hydrazine groups is 1. The molecule has 1 amide bonds. The molecule has 0 atom stereocenters. The maximum atomic E-state index is 13.2. The second-order valence-corrected chi connectivity index (χ2v) is 3.75. The van der Waals surface area contributed by atoms with Gasteiger partial charge in [0.2, 0.25) is 0 Å². The standard InChI is InChI=1S/C12H12FN5O2/c1-20-10-6-7(2-3-8(10)13)15-12(19)9-4-5-11(16-14)18-17-9/h2-6H,14H2,1H3,(H,15,19)(H,16,18). The molecule has 0 bridgehead atoms. The first-order valence-corrected chi connectivity index (χ1v) is 5.59. The largest absolute Gasteiger partial charge is 0.494 e. The number of hydrogen-bond donors (Lipinski definition) is 3. The van der Waals surface area contributed by atoms with Crippen molar-refractivity contribution in [2.45, 2.75) is 0 Å². The lowest BCUT2D eigenvalue weighted by molar-refractivity contribution is 0.102. The Labute approximate surface area is 113 Å². The first kappa shape index (κ1) is 13.7. The predicted octanol–water partition coefficient (Wildman–Crippen LogP) is 1.16. The first-order chi connectivity index (χ1) is 9.63. The molecule has 7 nitrogen and oxygen atoms in total. The summed E-state index contributed by atoms with van der Waals surface area (Å²) in [5, 5.41) is 9.93. The number of rotatable bonds is 4. The van der Waals surface area contributed by atoms with Gasteiger partial charge in [0.15, 0.2) is 23.1 Å². The Morgan fingerprint density at radius 3 is 2.70 bits per heavy atom. The highest BCUT2D eigenvalue weighted by atomic mass is 19.1. The fraction of sp³-hybridized carbons (Fsp3) is 0.0833. The average molecular weight is 277 g/mol. The van der Waals surface area contributed by atoms with E-state index >= 15 is 0 Å². The van der Waals surface area contributed by atoms with Crippen molar-refractivity contribution < 1.29 is 13.9 Å². The number of aromatic nitrogens is 2. The van der Waals surface area contributed by atoms with E-state index in [4.69, 9.17) is 10.6 Å². The Balaban J connectivity index is 2.14. The third-order valence-corrected chi connectivity index (χ3v) is 2.45. The van der Waals surface area contributed by atoms with Gasteiger partial charge >= 0.3 is 0 Å². The summed E-state index contributed by atoms with van der Waals surface area (Å²) in [6, 6.07) is 6.95. The smallest absolute Gasteiger partial charge is 0.276 e. The fourth-order valence-corrected chi connectivity index (χ4v) is 1.46. The molecule has 0 radical (unpaired) electrons. The van der Waals surface area contributed by atoms with E-state index in [0.29, 0.717) is 11.5 Å². The SMILES string of the molecule is COc1cc(NC(=O)c2ccc(NN)nn2)ccc1F. The van der Waals surface area contributed by atoms with E-state index in [-0.39, 0.29) is 11.4 Å². The average Bonchev–Trinajstić information content (AvgIpc) is 2.49. The van der Waals surface area contributed by atoms with Crippen molar-refractivity contribution in [3.8, 4) is 5.75 Å². The van der Waals surface area contributed by atoms with E-state index in [0.717, 1.165) is 0 Å². The molecular weight excluding hydrogens is 265 g/mol. The maximum absolute atomic E-state index is 13.2. The Hall–Kier alpha value is -2.74. The van der Waals surface area contributed by atoms with Crippen molar-refractivity contribution in [3.63, 3.8) is 0 Å². The van der Waals surface area contributed by atoms with Gasteiger partial charge in [-0.25, -0.2) is 10.2 Å². The van der Waals surface area contributed by atoms with E-state index in [1.54, 1.807) is 0 Å². The number of nitrogens with zero attached hydrogens (tertiary/aromatic N) is 2. The number of nitrogen functional groups attached to an aromatic ring is 1. The van der Waals surface area contributed by atoms with Gasteiger partial charge in [0, 0.05) is 11.8 Å². The number of methoxy groups -OCH3 is 1. The number of amides is 1. The molecule has 0 aliphatic rings. The molecule has 0 aliphatic heterocycles. The summed E-state index contributed by atoms with van der Waals surface area (Å²) < 4.78 is 18.1. The van der Waals surface area contributed by atoms with Crippen LogP contribution in [-0.2, 0) is 0 Å². The van der Waals surface area contributed by atoms with Crippen molar-refractivity contribution >= 4 is 17.4 Å². The maximum Gasteiger partial charge on any atom is 0.276 e. The second kappa shape index (κ2) is 5.93. The molecule has 0 spiro atoms. The third-order valence-electron chi connectivity index (χ3n) is 2.45. The van der Waals surface area contributed by atoms with Crippen molar-refractivity contribution in [2.75, 3.05) is 17.9 Å². The molecule has 1 aromatic heterocycles. The Morgan fingerprint density at radius 2 is 2.10 bits per heavy atom. The summed E-state index contributed by atoms with van der Waals surface area (Å²) in [5.74, 6) is 4.53. The van der Waals surface area contributed by atoms with Crippen LogP contribution in [0.1, 0.15) is 10.5 Å². The van der Waals surface area contributed by atoms with E-state index in [2.05, 4.69) is 20.9 Å². The van der Waals surface area contributed by atoms with Crippen molar-refractivity contribution in [2.24, 2.45) is 5.84 Å². The molecule has 104 valence electrons. The molecule has 20 heavy (non-hydrogen) atoms. The molecule has 2 rings (SSSR count). The van der Waals surface area contributed by atoms with Crippen LogP contribution < -0.4 is 21.3 Å². The molecule has 0 aliphatic carbocycles. The zero-order chi connectivity index (χ0) is 14.5. The lowest BCUT2D eigenvalue weighted by atomic mass is 10.2.